The van der Waals surface area contributed by atoms with Crippen molar-refractivity contribution >= 4 is 53.5 Å². The Morgan fingerprint density at radius 1 is 0.969 bits per heavy atom. The van der Waals surface area contributed by atoms with Gasteiger partial charge in [-0.3, -0.25) is 4.79 Å². The lowest BCUT2D eigenvalue weighted by Crippen LogP contribution is -2.37. The van der Waals surface area contributed by atoms with Gasteiger partial charge in [-0.1, -0.05) is 69.1 Å². The maximum absolute atomic E-state index is 13.4. The van der Waals surface area contributed by atoms with E-state index in [4.69, 9.17) is 0 Å². The van der Waals surface area contributed by atoms with Crippen LogP contribution in [0.3, 0.4) is 0 Å². The quantitative estimate of drug-likeness (QED) is 0.361. The van der Waals surface area contributed by atoms with Crippen LogP contribution in [0.15, 0.2) is 80.6 Å². The summed E-state index contributed by atoms with van der Waals surface area (Å²) in [6, 6.07) is 19.4. The Labute approximate surface area is 206 Å². The Kier molecular flexibility index (Phi) is 8.27. The van der Waals surface area contributed by atoms with Crippen LogP contribution in [-0.2, 0) is 27.8 Å². The fourth-order valence-corrected chi connectivity index (χ4v) is 5.66. The summed E-state index contributed by atoms with van der Waals surface area (Å²) in [7, 11) is -3.88. The lowest BCUT2D eigenvalue weighted by molar-refractivity contribution is -0.116. The second-order valence-corrected chi connectivity index (χ2v) is 11.1. The largest absolute Gasteiger partial charge is 0.324 e. The van der Waals surface area contributed by atoms with Crippen LogP contribution in [0.1, 0.15) is 23.6 Å². The van der Waals surface area contributed by atoms with E-state index in [0.29, 0.717) is 0 Å². The van der Waals surface area contributed by atoms with E-state index in [1.165, 1.54) is 16.4 Å². The van der Waals surface area contributed by atoms with Crippen LogP contribution in [-0.4, -0.2) is 25.2 Å². The molecule has 0 radical (unpaired) electrons. The van der Waals surface area contributed by atoms with Crippen molar-refractivity contribution in [3.63, 3.8) is 0 Å². The highest BCUT2D eigenvalue weighted by molar-refractivity contribution is 9.10. The molecule has 168 valence electrons. The highest BCUT2D eigenvalue weighted by Gasteiger charge is 2.27. The van der Waals surface area contributed by atoms with E-state index in [2.05, 4.69) is 37.2 Å². The van der Waals surface area contributed by atoms with Crippen LogP contribution < -0.4 is 5.32 Å². The molecule has 0 heterocycles. The zero-order chi connectivity index (χ0) is 23.3. The van der Waals surface area contributed by atoms with E-state index >= 15 is 0 Å². The van der Waals surface area contributed by atoms with E-state index in [-0.39, 0.29) is 23.9 Å². The van der Waals surface area contributed by atoms with Gasteiger partial charge in [-0.15, -0.1) is 0 Å². The first-order chi connectivity index (χ1) is 15.2. The van der Waals surface area contributed by atoms with Crippen LogP contribution in [0.5, 0.6) is 0 Å². The Morgan fingerprint density at radius 3 is 2.25 bits per heavy atom. The molecule has 0 saturated carbocycles. The third-order valence-corrected chi connectivity index (χ3v) is 7.79. The molecule has 0 aliphatic rings. The molecule has 5 nitrogen and oxygen atoms in total. The lowest BCUT2D eigenvalue weighted by atomic mass is 10.1. The number of rotatable bonds is 8. The van der Waals surface area contributed by atoms with Crippen molar-refractivity contribution < 1.29 is 13.2 Å². The highest BCUT2D eigenvalue weighted by atomic mass is 79.9. The molecule has 8 heteroatoms. The number of aryl methyl sites for hydroxylation is 2. The predicted octanol–water partition coefficient (Wildman–Crippen LogP) is 5.91. The molecule has 0 saturated heterocycles. The molecule has 1 amide bonds. The van der Waals surface area contributed by atoms with Gasteiger partial charge in [-0.2, -0.15) is 4.31 Å². The van der Waals surface area contributed by atoms with Gasteiger partial charge < -0.3 is 5.32 Å². The number of halogens is 2. The number of amides is 1. The monoisotopic (exact) mass is 578 g/mol. The van der Waals surface area contributed by atoms with Gasteiger partial charge in [0.15, 0.2) is 0 Å². The molecule has 0 unspecified atom stereocenters. The van der Waals surface area contributed by atoms with Crippen LogP contribution >= 0.6 is 31.9 Å². The first-order valence-corrected chi connectivity index (χ1v) is 13.1. The van der Waals surface area contributed by atoms with Crippen molar-refractivity contribution in [1.29, 1.82) is 0 Å². The number of nitrogens with zero attached hydrogens (tertiary/aromatic N) is 1. The summed E-state index contributed by atoms with van der Waals surface area (Å²) in [5.41, 5.74) is 3.40. The highest BCUT2D eigenvalue weighted by Crippen LogP contribution is 2.27. The van der Waals surface area contributed by atoms with E-state index in [1.807, 2.05) is 50.2 Å². The van der Waals surface area contributed by atoms with Crippen molar-refractivity contribution in [1.82, 2.24) is 4.31 Å². The minimum absolute atomic E-state index is 0.0812. The van der Waals surface area contributed by atoms with Gasteiger partial charge in [-0.05, 0) is 66.4 Å². The zero-order valence-electron chi connectivity index (χ0n) is 17.8. The third kappa shape index (κ3) is 6.07. The van der Waals surface area contributed by atoms with Gasteiger partial charge in [0.05, 0.1) is 11.4 Å². The fourth-order valence-electron chi connectivity index (χ4n) is 3.37. The molecule has 1 N–H and O–H groups in total. The van der Waals surface area contributed by atoms with Crippen LogP contribution in [0, 0.1) is 6.92 Å². The molecule has 3 rings (SSSR count). The summed E-state index contributed by atoms with van der Waals surface area (Å²) in [6.07, 6.45) is 0.737. The summed E-state index contributed by atoms with van der Waals surface area (Å²) >= 11 is 6.88. The number of carbonyl (C=O) groups excluding carboxylic acids is 1. The lowest BCUT2D eigenvalue weighted by Gasteiger charge is -2.23. The second-order valence-electron chi connectivity index (χ2n) is 7.37. The molecular weight excluding hydrogens is 556 g/mol. The van der Waals surface area contributed by atoms with Crippen molar-refractivity contribution in [2.75, 3.05) is 11.9 Å². The van der Waals surface area contributed by atoms with Gasteiger partial charge >= 0.3 is 0 Å². The molecule has 0 aliphatic carbocycles. The molecule has 0 bridgehead atoms. The van der Waals surface area contributed by atoms with Crippen molar-refractivity contribution in [2.24, 2.45) is 0 Å². The fraction of sp³-hybridized carbons (Fsp3) is 0.208. The Morgan fingerprint density at radius 2 is 1.62 bits per heavy atom. The predicted molar refractivity (Wildman–Crippen MR) is 135 cm³/mol. The second kappa shape index (κ2) is 10.7. The van der Waals surface area contributed by atoms with Crippen molar-refractivity contribution in [3.05, 3.63) is 92.4 Å². The Bertz CT molecular complexity index is 1200. The average molecular weight is 580 g/mol. The van der Waals surface area contributed by atoms with E-state index in [0.717, 1.165) is 37.7 Å². The van der Waals surface area contributed by atoms with Gasteiger partial charge in [0.1, 0.15) is 0 Å². The average Bonchev–Trinajstić information content (AvgIpc) is 2.77. The van der Waals surface area contributed by atoms with Crippen molar-refractivity contribution in [2.45, 2.75) is 31.7 Å². The number of hydrogen-bond donors (Lipinski definition) is 1. The number of sulfonamides is 1. The molecule has 0 fully saturated rings. The normalized spacial score (nSPS) is 11.5. The number of benzene rings is 3. The Balaban J connectivity index is 1.90. The van der Waals surface area contributed by atoms with E-state index < -0.39 is 10.0 Å². The van der Waals surface area contributed by atoms with Crippen LogP contribution in [0.2, 0.25) is 0 Å². The zero-order valence-corrected chi connectivity index (χ0v) is 21.8. The van der Waals surface area contributed by atoms with Crippen molar-refractivity contribution in [3.8, 4) is 0 Å². The first kappa shape index (κ1) is 24.6. The van der Waals surface area contributed by atoms with Gasteiger partial charge in [0.2, 0.25) is 15.9 Å². The summed E-state index contributed by atoms with van der Waals surface area (Å²) in [5, 5.41) is 2.93. The minimum atomic E-state index is -3.88. The molecule has 32 heavy (non-hydrogen) atoms. The number of nitrogens with one attached hydrogen (secondary N) is 1. The number of anilines is 1. The number of hydrogen-bond acceptors (Lipinski definition) is 3. The molecule has 3 aromatic rings. The molecule has 0 aliphatic heterocycles. The topological polar surface area (TPSA) is 66.5 Å². The standard InChI is InChI=1S/C24H24Br2N2O3S/c1-3-19-14-21(26)13-17(2)24(19)27-23(29)16-28(15-18-9-11-20(25)12-10-18)32(30,31)22-7-5-4-6-8-22/h4-14H,3,15-16H2,1-2H3,(H,27,29). The SMILES string of the molecule is CCc1cc(Br)cc(C)c1NC(=O)CN(Cc1ccc(Br)cc1)S(=O)(=O)c1ccccc1. The van der Waals surface area contributed by atoms with Crippen LogP contribution in [0.25, 0.3) is 0 Å². The van der Waals surface area contributed by atoms with E-state index in [9.17, 15) is 13.2 Å². The van der Waals surface area contributed by atoms with Gasteiger partial charge in [0.25, 0.3) is 0 Å². The molecule has 0 aromatic heterocycles. The maximum Gasteiger partial charge on any atom is 0.243 e. The molecular formula is C24H24Br2N2O3S. The third-order valence-electron chi connectivity index (χ3n) is 5.00. The minimum Gasteiger partial charge on any atom is -0.324 e. The molecule has 3 aromatic carbocycles. The summed E-state index contributed by atoms with van der Waals surface area (Å²) < 4.78 is 29.8. The number of carbonyl (C=O) groups is 1. The van der Waals surface area contributed by atoms with Gasteiger partial charge in [0, 0.05) is 21.2 Å². The first-order valence-electron chi connectivity index (χ1n) is 10.1. The molecule has 0 atom stereocenters. The summed E-state index contributed by atoms with van der Waals surface area (Å²) in [4.78, 5) is 13.2. The maximum atomic E-state index is 13.4. The smallest absolute Gasteiger partial charge is 0.243 e. The van der Waals surface area contributed by atoms with Crippen LogP contribution in [0.4, 0.5) is 5.69 Å². The van der Waals surface area contributed by atoms with E-state index in [1.54, 1.807) is 18.2 Å². The molecule has 0 spiro atoms. The Hall–Kier alpha value is -2.00. The summed E-state index contributed by atoms with van der Waals surface area (Å²) in [6.45, 7) is 3.71. The van der Waals surface area contributed by atoms with Gasteiger partial charge in [-0.25, -0.2) is 8.42 Å². The summed E-state index contributed by atoms with van der Waals surface area (Å²) in [5.74, 6) is -0.387.